The van der Waals surface area contributed by atoms with Crippen molar-refractivity contribution in [2.24, 2.45) is 5.73 Å². The fraction of sp³-hybridized carbons (Fsp3) is 0.200. The summed E-state index contributed by atoms with van der Waals surface area (Å²) in [4.78, 5) is 0. The summed E-state index contributed by atoms with van der Waals surface area (Å²) < 4.78 is 1.20. The lowest BCUT2D eigenvalue weighted by Gasteiger charge is -2.09. The van der Waals surface area contributed by atoms with Crippen molar-refractivity contribution in [3.63, 3.8) is 0 Å². The predicted molar refractivity (Wildman–Crippen MR) is 61.0 cm³/mol. The molecule has 0 aliphatic heterocycles. The van der Waals surface area contributed by atoms with E-state index in [-0.39, 0.29) is 6.04 Å². The largest absolute Gasteiger partial charge is 0.321 e. The SMILES string of the molecule is C=C[C@@H](N)c1cc(C)ccc1I. The first kappa shape index (κ1) is 9.74. The second-order valence-corrected chi connectivity index (χ2v) is 3.95. The summed E-state index contributed by atoms with van der Waals surface area (Å²) >= 11 is 2.29. The summed E-state index contributed by atoms with van der Waals surface area (Å²) in [6, 6.07) is 6.22. The molecular formula is C10H12IN. The number of benzene rings is 1. The Morgan fingerprint density at radius 2 is 2.25 bits per heavy atom. The molecular weight excluding hydrogens is 261 g/mol. The molecule has 0 aromatic heterocycles. The molecule has 0 spiro atoms. The molecule has 1 atom stereocenters. The summed E-state index contributed by atoms with van der Waals surface area (Å²) in [5.74, 6) is 0. The molecule has 0 aliphatic carbocycles. The minimum atomic E-state index is -0.0446. The molecule has 0 fully saturated rings. The Morgan fingerprint density at radius 3 is 2.83 bits per heavy atom. The minimum absolute atomic E-state index is 0.0446. The van der Waals surface area contributed by atoms with Gasteiger partial charge in [0.1, 0.15) is 0 Å². The van der Waals surface area contributed by atoms with Crippen LogP contribution in [0, 0.1) is 10.5 Å². The fourth-order valence-corrected chi connectivity index (χ4v) is 1.74. The van der Waals surface area contributed by atoms with Crippen LogP contribution in [0.25, 0.3) is 0 Å². The highest BCUT2D eigenvalue weighted by molar-refractivity contribution is 14.1. The Hall–Kier alpha value is -0.350. The van der Waals surface area contributed by atoms with E-state index >= 15 is 0 Å². The molecule has 0 saturated heterocycles. The average molecular weight is 273 g/mol. The zero-order chi connectivity index (χ0) is 9.14. The number of nitrogens with two attached hydrogens (primary N) is 1. The van der Waals surface area contributed by atoms with Gasteiger partial charge < -0.3 is 5.73 Å². The van der Waals surface area contributed by atoms with Crippen LogP contribution < -0.4 is 5.73 Å². The van der Waals surface area contributed by atoms with Crippen molar-refractivity contribution >= 4 is 22.6 Å². The van der Waals surface area contributed by atoms with Gasteiger partial charge in [-0.15, -0.1) is 6.58 Å². The molecule has 1 aromatic rings. The highest BCUT2D eigenvalue weighted by Crippen LogP contribution is 2.20. The van der Waals surface area contributed by atoms with Crippen LogP contribution in [0.15, 0.2) is 30.9 Å². The Bertz CT molecular complexity index is 294. The number of rotatable bonds is 2. The molecule has 64 valence electrons. The third kappa shape index (κ3) is 2.08. The van der Waals surface area contributed by atoms with E-state index in [4.69, 9.17) is 5.73 Å². The Kier molecular flexibility index (Phi) is 3.29. The van der Waals surface area contributed by atoms with Gasteiger partial charge in [0.15, 0.2) is 0 Å². The van der Waals surface area contributed by atoms with E-state index in [1.807, 2.05) is 0 Å². The topological polar surface area (TPSA) is 26.0 Å². The van der Waals surface area contributed by atoms with Gasteiger partial charge in [-0.25, -0.2) is 0 Å². The molecule has 0 unspecified atom stereocenters. The third-order valence-electron chi connectivity index (χ3n) is 1.76. The summed E-state index contributed by atoms with van der Waals surface area (Å²) in [6.45, 7) is 5.74. The van der Waals surface area contributed by atoms with Gasteiger partial charge in [-0.3, -0.25) is 0 Å². The highest BCUT2D eigenvalue weighted by Gasteiger charge is 2.05. The van der Waals surface area contributed by atoms with E-state index < -0.39 is 0 Å². The molecule has 0 heterocycles. The van der Waals surface area contributed by atoms with Gasteiger partial charge in [-0.2, -0.15) is 0 Å². The fourth-order valence-electron chi connectivity index (χ4n) is 1.05. The van der Waals surface area contributed by atoms with E-state index in [0.717, 1.165) is 5.56 Å². The van der Waals surface area contributed by atoms with Gasteiger partial charge >= 0.3 is 0 Å². The second-order valence-electron chi connectivity index (χ2n) is 2.79. The van der Waals surface area contributed by atoms with Crippen LogP contribution in [0.2, 0.25) is 0 Å². The van der Waals surface area contributed by atoms with Crippen LogP contribution in [-0.2, 0) is 0 Å². The van der Waals surface area contributed by atoms with Crippen molar-refractivity contribution in [2.75, 3.05) is 0 Å². The lowest BCUT2D eigenvalue weighted by atomic mass is 10.1. The van der Waals surface area contributed by atoms with Crippen LogP contribution in [0.1, 0.15) is 17.2 Å². The molecule has 2 heteroatoms. The maximum Gasteiger partial charge on any atom is 0.0489 e. The molecule has 0 aliphatic rings. The van der Waals surface area contributed by atoms with Crippen LogP contribution in [0.4, 0.5) is 0 Å². The maximum absolute atomic E-state index is 5.84. The third-order valence-corrected chi connectivity index (χ3v) is 2.75. The first-order valence-electron chi connectivity index (χ1n) is 3.79. The number of aryl methyl sites for hydroxylation is 1. The number of hydrogen-bond donors (Lipinski definition) is 1. The Balaban J connectivity index is 3.12. The normalized spacial score (nSPS) is 12.6. The first-order chi connectivity index (χ1) is 5.65. The van der Waals surface area contributed by atoms with E-state index in [1.54, 1.807) is 6.08 Å². The highest BCUT2D eigenvalue weighted by atomic mass is 127. The van der Waals surface area contributed by atoms with E-state index in [1.165, 1.54) is 9.13 Å². The molecule has 2 N–H and O–H groups in total. The van der Waals surface area contributed by atoms with Crippen LogP contribution >= 0.6 is 22.6 Å². The lowest BCUT2D eigenvalue weighted by molar-refractivity contribution is 0.905. The van der Waals surface area contributed by atoms with Gasteiger partial charge in [0, 0.05) is 9.61 Å². The molecule has 0 bridgehead atoms. The molecule has 1 nitrogen and oxygen atoms in total. The zero-order valence-electron chi connectivity index (χ0n) is 7.05. The standard InChI is InChI=1S/C10H12IN/c1-3-10(12)8-6-7(2)4-5-9(8)11/h3-6,10H,1,12H2,2H3/t10-/m1/s1. The number of hydrogen-bond acceptors (Lipinski definition) is 1. The molecule has 0 radical (unpaired) electrons. The summed E-state index contributed by atoms with van der Waals surface area (Å²) in [7, 11) is 0. The van der Waals surface area contributed by atoms with Crippen molar-refractivity contribution in [1.82, 2.24) is 0 Å². The molecule has 0 saturated carbocycles. The average Bonchev–Trinajstić information content (AvgIpc) is 2.08. The molecule has 1 aromatic carbocycles. The van der Waals surface area contributed by atoms with Crippen molar-refractivity contribution in [3.8, 4) is 0 Å². The maximum atomic E-state index is 5.84. The second kappa shape index (κ2) is 4.05. The molecule has 0 amide bonds. The van der Waals surface area contributed by atoms with E-state index in [9.17, 15) is 0 Å². The Labute approximate surface area is 86.8 Å². The molecule has 12 heavy (non-hydrogen) atoms. The minimum Gasteiger partial charge on any atom is -0.321 e. The lowest BCUT2D eigenvalue weighted by Crippen LogP contribution is -2.08. The van der Waals surface area contributed by atoms with Crippen molar-refractivity contribution in [2.45, 2.75) is 13.0 Å². The van der Waals surface area contributed by atoms with Crippen LogP contribution in [0.3, 0.4) is 0 Å². The van der Waals surface area contributed by atoms with Gasteiger partial charge in [0.05, 0.1) is 0 Å². The van der Waals surface area contributed by atoms with Gasteiger partial charge in [0.25, 0.3) is 0 Å². The molecule has 1 rings (SSSR count). The van der Waals surface area contributed by atoms with E-state index in [2.05, 4.69) is 54.3 Å². The van der Waals surface area contributed by atoms with Crippen LogP contribution in [0.5, 0.6) is 0 Å². The van der Waals surface area contributed by atoms with Crippen LogP contribution in [-0.4, -0.2) is 0 Å². The van der Waals surface area contributed by atoms with Gasteiger partial charge in [0.2, 0.25) is 0 Å². The first-order valence-corrected chi connectivity index (χ1v) is 4.87. The summed E-state index contributed by atoms with van der Waals surface area (Å²) in [6.07, 6.45) is 1.76. The summed E-state index contributed by atoms with van der Waals surface area (Å²) in [5, 5.41) is 0. The van der Waals surface area contributed by atoms with Crippen molar-refractivity contribution in [1.29, 1.82) is 0 Å². The van der Waals surface area contributed by atoms with Gasteiger partial charge in [-0.1, -0.05) is 23.8 Å². The van der Waals surface area contributed by atoms with Gasteiger partial charge in [-0.05, 0) is 41.1 Å². The number of halogens is 1. The van der Waals surface area contributed by atoms with Crippen molar-refractivity contribution in [3.05, 3.63) is 45.6 Å². The predicted octanol–water partition coefficient (Wildman–Crippen LogP) is 2.79. The Morgan fingerprint density at radius 1 is 1.58 bits per heavy atom. The quantitative estimate of drug-likeness (QED) is 0.650. The van der Waals surface area contributed by atoms with E-state index in [0.29, 0.717) is 0 Å². The monoisotopic (exact) mass is 273 g/mol. The smallest absolute Gasteiger partial charge is 0.0489 e. The zero-order valence-corrected chi connectivity index (χ0v) is 9.21. The van der Waals surface area contributed by atoms with Crippen molar-refractivity contribution < 1.29 is 0 Å². The summed E-state index contributed by atoms with van der Waals surface area (Å²) in [5.41, 5.74) is 8.24.